The number of sulfonamides is 1. The number of carbonyl (C=O) groups is 1. The molecule has 1 aromatic carbocycles. The zero-order valence-electron chi connectivity index (χ0n) is 11.4. The molecule has 1 aliphatic heterocycles. The minimum Gasteiger partial charge on any atom is -0.384 e. The molecule has 0 saturated heterocycles. The van der Waals surface area contributed by atoms with Gasteiger partial charge in [-0.25, -0.2) is 13.1 Å². The van der Waals surface area contributed by atoms with Crippen molar-refractivity contribution in [3.8, 4) is 0 Å². The summed E-state index contributed by atoms with van der Waals surface area (Å²) in [6.07, 6.45) is 0.908. The largest absolute Gasteiger partial charge is 0.384 e. The van der Waals surface area contributed by atoms with Crippen molar-refractivity contribution in [3.05, 3.63) is 29.3 Å². The van der Waals surface area contributed by atoms with Crippen LogP contribution in [0.5, 0.6) is 0 Å². The lowest BCUT2D eigenvalue weighted by Crippen LogP contribution is -2.34. The minimum absolute atomic E-state index is 0.101. The van der Waals surface area contributed by atoms with E-state index >= 15 is 0 Å². The fraction of sp³-hybridized carbons (Fsp3) is 0.462. The highest BCUT2D eigenvalue weighted by Crippen LogP contribution is 2.22. The number of hydrogen-bond acceptors (Lipinski definition) is 4. The van der Waals surface area contributed by atoms with Crippen molar-refractivity contribution in [1.82, 2.24) is 10.0 Å². The standard InChI is InChI=1S/C13H19N3O3S/c1-2-16-20(18,19)8-7-15-13(17)11-3-4-12-10(9-11)5-6-14-12/h3-4,9,14,16H,2,5-8H2,1H3,(H,15,17). The van der Waals surface area contributed by atoms with Crippen LogP contribution in [0.2, 0.25) is 0 Å². The number of hydrogen-bond donors (Lipinski definition) is 3. The molecule has 0 fully saturated rings. The molecule has 1 aromatic rings. The molecule has 1 aliphatic rings. The Morgan fingerprint density at radius 3 is 2.95 bits per heavy atom. The van der Waals surface area contributed by atoms with Crippen LogP contribution in [-0.2, 0) is 16.4 Å². The van der Waals surface area contributed by atoms with Gasteiger partial charge in [0, 0.05) is 30.9 Å². The molecule has 0 bridgehead atoms. The summed E-state index contributed by atoms with van der Waals surface area (Å²) >= 11 is 0. The molecular formula is C13H19N3O3S. The predicted molar refractivity (Wildman–Crippen MR) is 78.4 cm³/mol. The third-order valence-corrected chi connectivity index (χ3v) is 4.57. The maximum Gasteiger partial charge on any atom is 0.251 e. The molecule has 1 amide bonds. The summed E-state index contributed by atoms with van der Waals surface area (Å²) in [5.74, 6) is -0.356. The zero-order valence-corrected chi connectivity index (χ0v) is 12.2. The molecule has 0 atom stereocenters. The SMILES string of the molecule is CCNS(=O)(=O)CCNC(=O)c1ccc2c(c1)CCN2. The summed E-state index contributed by atoms with van der Waals surface area (Å²) in [6, 6.07) is 5.47. The van der Waals surface area contributed by atoms with Gasteiger partial charge in [0.25, 0.3) is 5.91 Å². The summed E-state index contributed by atoms with van der Waals surface area (Å²) in [7, 11) is -3.29. The molecule has 20 heavy (non-hydrogen) atoms. The van der Waals surface area contributed by atoms with Gasteiger partial charge in [0.2, 0.25) is 10.0 Å². The third kappa shape index (κ3) is 3.71. The Labute approximate surface area is 119 Å². The highest BCUT2D eigenvalue weighted by atomic mass is 32.2. The number of anilines is 1. The van der Waals surface area contributed by atoms with E-state index in [0.29, 0.717) is 12.1 Å². The van der Waals surface area contributed by atoms with E-state index in [1.165, 1.54) is 0 Å². The first-order valence-electron chi connectivity index (χ1n) is 6.64. The maximum absolute atomic E-state index is 11.9. The number of benzene rings is 1. The maximum atomic E-state index is 11.9. The quantitative estimate of drug-likeness (QED) is 0.706. The Kier molecular flexibility index (Phi) is 4.61. The summed E-state index contributed by atoms with van der Waals surface area (Å²) in [5, 5.41) is 5.85. The molecule has 0 spiro atoms. The third-order valence-electron chi connectivity index (χ3n) is 3.10. The first-order valence-corrected chi connectivity index (χ1v) is 8.29. The van der Waals surface area contributed by atoms with E-state index in [4.69, 9.17) is 0 Å². The highest BCUT2D eigenvalue weighted by molar-refractivity contribution is 7.89. The second kappa shape index (κ2) is 6.23. The van der Waals surface area contributed by atoms with Gasteiger partial charge in [-0.05, 0) is 30.2 Å². The monoisotopic (exact) mass is 297 g/mol. The van der Waals surface area contributed by atoms with Crippen molar-refractivity contribution < 1.29 is 13.2 Å². The number of nitrogens with one attached hydrogen (secondary N) is 3. The number of amides is 1. The Hall–Kier alpha value is -1.60. The van der Waals surface area contributed by atoms with Crippen molar-refractivity contribution in [2.24, 2.45) is 0 Å². The van der Waals surface area contributed by atoms with Crippen LogP contribution >= 0.6 is 0 Å². The van der Waals surface area contributed by atoms with Gasteiger partial charge in [-0.3, -0.25) is 4.79 Å². The first kappa shape index (κ1) is 14.8. The molecule has 110 valence electrons. The average molecular weight is 297 g/mol. The molecule has 2 rings (SSSR count). The van der Waals surface area contributed by atoms with E-state index < -0.39 is 10.0 Å². The first-order chi connectivity index (χ1) is 9.52. The molecule has 3 N–H and O–H groups in total. The van der Waals surface area contributed by atoms with Crippen LogP contribution in [0.1, 0.15) is 22.8 Å². The van der Waals surface area contributed by atoms with E-state index in [0.717, 1.165) is 24.2 Å². The van der Waals surface area contributed by atoms with E-state index in [1.54, 1.807) is 13.0 Å². The zero-order chi connectivity index (χ0) is 14.6. The summed E-state index contributed by atoms with van der Waals surface area (Å²) in [6.45, 7) is 3.06. The van der Waals surface area contributed by atoms with Crippen LogP contribution in [0.25, 0.3) is 0 Å². The second-order valence-corrected chi connectivity index (χ2v) is 6.55. The van der Waals surface area contributed by atoms with Crippen LogP contribution in [0.15, 0.2) is 18.2 Å². The van der Waals surface area contributed by atoms with Crippen molar-refractivity contribution in [2.75, 3.05) is 30.7 Å². The van der Waals surface area contributed by atoms with Gasteiger partial charge in [0.15, 0.2) is 0 Å². The van der Waals surface area contributed by atoms with Crippen molar-refractivity contribution in [3.63, 3.8) is 0 Å². The molecular weight excluding hydrogens is 278 g/mol. The number of rotatable bonds is 6. The summed E-state index contributed by atoms with van der Waals surface area (Å²) in [5.41, 5.74) is 2.75. The van der Waals surface area contributed by atoms with Crippen LogP contribution in [-0.4, -0.2) is 39.7 Å². The number of carbonyl (C=O) groups excluding carboxylic acids is 1. The van der Waals surface area contributed by atoms with Crippen LogP contribution in [0.4, 0.5) is 5.69 Å². The van der Waals surface area contributed by atoms with E-state index in [9.17, 15) is 13.2 Å². The van der Waals surface area contributed by atoms with Crippen LogP contribution in [0.3, 0.4) is 0 Å². The molecule has 6 nitrogen and oxygen atoms in total. The molecule has 0 aliphatic carbocycles. The Balaban J connectivity index is 1.89. The predicted octanol–water partition coefficient (Wildman–Crippen LogP) is 0.324. The summed E-state index contributed by atoms with van der Waals surface area (Å²) in [4.78, 5) is 11.9. The lowest BCUT2D eigenvalue weighted by Gasteiger charge is -2.08. The minimum atomic E-state index is -3.29. The number of fused-ring (bicyclic) bond motifs is 1. The Bertz CT molecular complexity index is 599. The van der Waals surface area contributed by atoms with Crippen molar-refractivity contribution in [1.29, 1.82) is 0 Å². The van der Waals surface area contributed by atoms with E-state index in [1.807, 2.05) is 12.1 Å². The lowest BCUT2D eigenvalue weighted by atomic mass is 10.1. The van der Waals surface area contributed by atoms with Gasteiger partial charge in [-0.2, -0.15) is 0 Å². The van der Waals surface area contributed by atoms with Crippen LogP contribution in [0, 0.1) is 0 Å². The Morgan fingerprint density at radius 2 is 2.20 bits per heavy atom. The molecule has 7 heteroatoms. The highest BCUT2D eigenvalue weighted by Gasteiger charge is 2.14. The normalized spacial score (nSPS) is 13.7. The lowest BCUT2D eigenvalue weighted by molar-refractivity contribution is 0.0956. The van der Waals surface area contributed by atoms with Gasteiger partial charge in [-0.15, -0.1) is 0 Å². The van der Waals surface area contributed by atoms with E-state index in [-0.39, 0.29) is 18.2 Å². The fourth-order valence-corrected chi connectivity index (χ4v) is 3.09. The fourth-order valence-electron chi connectivity index (χ4n) is 2.14. The van der Waals surface area contributed by atoms with Gasteiger partial charge >= 0.3 is 0 Å². The average Bonchev–Trinajstić information content (AvgIpc) is 2.85. The van der Waals surface area contributed by atoms with E-state index in [2.05, 4.69) is 15.4 Å². The molecule has 1 heterocycles. The van der Waals surface area contributed by atoms with Gasteiger partial charge < -0.3 is 10.6 Å². The smallest absolute Gasteiger partial charge is 0.251 e. The van der Waals surface area contributed by atoms with Gasteiger partial charge in [0.05, 0.1) is 5.75 Å². The molecule has 0 radical (unpaired) electrons. The van der Waals surface area contributed by atoms with Crippen molar-refractivity contribution in [2.45, 2.75) is 13.3 Å². The molecule has 0 unspecified atom stereocenters. The Morgan fingerprint density at radius 1 is 1.40 bits per heavy atom. The second-order valence-electron chi connectivity index (χ2n) is 4.62. The van der Waals surface area contributed by atoms with Gasteiger partial charge in [-0.1, -0.05) is 6.92 Å². The molecule has 0 aromatic heterocycles. The van der Waals surface area contributed by atoms with Gasteiger partial charge in [0.1, 0.15) is 0 Å². The summed E-state index contributed by atoms with van der Waals surface area (Å²) < 4.78 is 25.2. The van der Waals surface area contributed by atoms with Crippen molar-refractivity contribution >= 4 is 21.6 Å². The van der Waals surface area contributed by atoms with Crippen LogP contribution < -0.4 is 15.4 Å². The molecule has 0 saturated carbocycles. The topological polar surface area (TPSA) is 87.3 Å².